The molecule has 1 unspecified atom stereocenters. The number of urea groups is 1. The van der Waals surface area contributed by atoms with E-state index < -0.39 is 0 Å². The zero-order valence-electron chi connectivity index (χ0n) is 19.0. The summed E-state index contributed by atoms with van der Waals surface area (Å²) in [6.45, 7) is 6.21. The maximum absolute atomic E-state index is 13.0. The summed E-state index contributed by atoms with van der Waals surface area (Å²) in [5, 5.41) is 6.30. The van der Waals surface area contributed by atoms with Crippen molar-refractivity contribution in [2.45, 2.75) is 71.8 Å². The predicted octanol–water partition coefficient (Wildman–Crippen LogP) is 4.88. The zero-order valence-corrected chi connectivity index (χ0v) is 19.0. The lowest BCUT2D eigenvalue weighted by Crippen LogP contribution is -2.58. The summed E-state index contributed by atoms with van der Waals surface area (Å²) < 4.78 is 0. The minimum atomic E-state index is -0.159. The van der Waals surface area contributed by atoms with E-state index in [0.29, 0.717) is 0 Å². The first-order chi connectivity index (χ1) is 14.3. The van der Waals surface area contributed by atoms with E-state index in [9.17, 15) is 9.59 Å². The molecule has 5 nitrogen and oxygen atoms in total. The maximum Gasteiger partial charge on any atom is 0.317 e. The number of nitrogens with zero attached hydrogens (tertiary/aromatic N) is 1. The molecule has 5 rings (SSSR count). The predicted molar refractivity (Wildman–Crippen MR) is 120 cm³/mol. The highest BCUT2D eigenvalue weighted by Crippen LogP contribution is 2.61. The molecule has 4 fully saturated rings. The molecule has 164 valence electrons. The summed E-state index contributed by atoms with van der Waals surface area (Å²) in [4.78, 5) is 27.1. The van der Waals surface area contributed by atoms with Gasteiger partial charge in [-0.3, -0.25) is 4.79 Å². The fraction of sp³-hybridized carbons (Fsp3) is 0.680. The molecule has 2 N–H and O–H groups in total. The Morgan fingerprint density at radius 1 is 1.07 bits per heavy atom. The molecule has 3 amide bonds. The molecule has 4 bridgehead atoms. The number of hydrogen-bond acceptors (Lipinski definition) is 2. The second-order valence-electron chi connectivity index (χ2n) is 10.4. The molecule has 1 atom stereocenters. The van der Waals surface area contributed by atoms with Crippen LogP contribution in [0, 0.1) is 37.0 Å². The van der Waals surface area contributed by atoms with Crippen LogP contribution in [0.15, 0.2) is 18.2 Å². The lowest BCUT2D eigenvalue weighted by molar-refractivity contribution is -0.116. The van der Waals surface area contributed by atoms with Gasteiger partial charge in [0, 0.05) is 18.8 Å². The Labute approximate surface area is 181 Å². The van der Waals surface area contributed by atoms with E-state index in [1.54, 1.807) is 7.05 Å². The number of carbonyl (C=O) groups excluding carboxylic acids is 2. The number of amides is 3. The molecule has 0 spiro atoms. The number of hydrogen-bond donors (Lipinski definition) is 2. The highest BCUT2D eigenvalue weighted by Gasteiger charge is 2.54. The van der Waals surface area contributed by atoms with Gasteiger partial charge in [-0.05, 0) is 93.1 Å². The molecule has 0 aliphatic heterocycles. The average Bonchev–Trinajstić information content (AvgIpc) is 2.67. The summed E-state index contributed by atoms with van der Waals surface area (Å²) in [5.74, 6) is 2.43. The minimum absolute atomic E-state index is 0.0525. The van der Waals surface area contributed by atoms with Gasteiger partial charge in [0.1, 0.15) is 6.54 Å². The quantitative estimate of drug-likeness (QED) is 0.701. The third-order valence-electron chi connectivity index (χ3n) is 8.00. The van der Waals surface area contributed by atoms with E-state index in [-0.39, 0.29) is 29.9 Å². The minimum Gasteiger partial charge on any atom is -0.335 e. The lowest BCUT2D eigenvalue weighted by Gasteiger charge is -2.59. The molecule has 4 aliphatic carbocycles. The van der Waals surface area contributed by atoms with Crippen molar-refractivity contribution in [3.8, 4) is 0 Å². The van der Waals surface area contributed by atoms with Crippen LogP contribution in [0.1, 0.15) is 63.0 Å². The van der Waals surface area contributed by atoms with E-state index in [2.05, 4.69) is 17.6 Å². The third-order valence-corrected chi connectivity index (χ3v) is 8.00. The average molecular weight is 412 g/mol. The zero-order chi connectivity index (χ0) is 21.5. The van der Waals surface area contributed by atoms with Crippen LogP contribution in [-0.4, -0.2) is 36.5 Å². The van der Waals surface area contributed by atoms with Crippen LogP contribution < -0.4 is 10.6 Å². The van der Waals surface area contributed by atoms with Gasteiger partial charge in [0.25, 0.3) is 0 Å². The Morgan fingerprint density at radius 2 is 1.60 bits per heavy atom. The van der Waals surface area contributed by atoms with E-state index >= 15 is 0 Å². The number of aryl methyl sites for hydroxylation is 2. The van der Waals surface area contributed by atoms with Crippen molar-refractivity contribution < 1.29 is 9.59 Å². The Bertz CT molecular complexity index is 763. The van der Waals surface area contributed by atoms with Gasteiger partial charge in [0.15, 0.2) is 0 Å². The molecule has 0 saturated heterocycles. The van der Waals surface area contributed by atoms with E-state index in [0.717, 1.165) is 41.0 Å². The SMILES string of the molecule is CCC(NC(=O)N(C)CC(=O)Nc1c(C)cccc1C)C12CC3CC(CC(C3)C1)C2. The Kier molecular flexibility index (Phi) is 5.82. The largest absolute Gasteiger partial charge is 0.335 e. The summed E-state index contributed by atoms with van der Waals surface area (Å²) >= 11 is 0. The normalized spacial score (nSPS) is 30.1. The first-order valence-electron chi connectivity index (χ1n) is 11.7. The van der Waals surface area contributed by atoms with Gasteiger partial charge in [-0.2, -0.15) is 0 Å². The number of carbonyl (C=O) groups is 2. The first-order valence-corrected chi connectivity index (χ1v) is 11.7. The molecule has 0 radical (unpaired) electrons. The highest BCUT2D eigenvalue weighted by molar-refractivity contribution is 5.95. The van der Waals surface area contributed by atoms with Gasteiger partial charge in [-0.1, -0.05) is 25.1 Å². The third kappa shape index (κ3) is 4.08. The monoisotopic (exact) mass is 411 g/mol. The van der Waals surface area contributed by atoms with E-state index in [1.165, 1.54) is 43.4 Å². The topological polar surface area (TPSA) is 61.4 Å². The maximum atomic E-state index is 13.0. The molecular formula is C25H37N3O2. The molecule has 30 heavy (non-hydrogen) atoms. The summed E-state index contributed by atoms with van der Waals surface area (Å²) in [5.41, 5.74) is 3.18. The molecule has 0 heterocycles. The van der Waals surface area contributed by atoms with Crippen LogP contribution in [0.3, 0.4) is 0 Å². The van der Waals surface area contributed by atoms with E-state index in [1.807, 2.05) is 32.0 Å². The molecule has 5 heteroatoms. The van der Waals surface area contributed by atoms with Crippen LogP contribution in [0.4, 0.5) is 10.5 Å². The van der Waals surface area contributed by atoms with Crippen LogP contribution >= 0.6 is 0 Å². The summed E-state index contributed by atoms with van der Waals surface area (Å²) in [6.07, 6.45) is 8.99. The molecule has 0 aromatic heterocycles. The van der Waals surface area contributed by atoms with Crippen molar-refractivity contribution in [3.05, 3.63) is 29.3 Å². The van der Waals surface area contributed by atoms with E-state index in [4.69, 9.17) is 0 Å². The van der Waals surface area contributed by atoms with Crippen LogP contribution in [0.5, 0.6) is 0 Å². The number of benzene rings is 1. The fourth-order valence-corrected chi connectivity index (χ4v) is 7.03. The van der Waals surface area contributed by atoms with Gasteiger partial charge in [-0.15, -0.1) is 0 Å². The van der Waals surface area contributed by atoms with Crippen molar-refractivity contribution in [2.75, 3.05) is 18.9 Å². The van der Waals surface area contributed by atoms with Gasteiger partial charge in [-0.25, -0.2) is 4.79 Å². The van der Waals surface area contributed by atoms with Crippen molar-refractivity contribution in [2.24, 2.45) is 23.2 Å². The molecule has 1 aromatic rings. The van der Waals surface area contributed by atoms with Gasteiger partial charge in [0.05, 0.1) is 0 Å². The fourth-order valence-electron chi connectivity index (χ4n) is 7.03. The Balaban J connectivity index is 1.36. The van der Waals surface area contributed by atoms with Crippen molar-refractivity contribution in [3.63, 3.8) is 0 Å². The van der Waals surface area contributed by atoms with Crippen LogP contribution in [-0.2, 0) is 4.79 Å². The second kappa shape index (κ2) is 8.24. The first kappa shape index (κ1) is 21.2. The van der Waals surface area contributed by atoms with Crippen molar-refractivity contribution >= 4 is 17.6 Å². The molecule has 4 aliphatic rings. The number of rotatable bonds is 6. The highest BCUT2D eigenvalue weighted by atomic mass is 16.2. The Hall–Kier alpha value is -2.04. The summed E-state index contributed by atoms with van der Waals surface area (Å²) in [7, 11) is 1.71. The van der Waals surface area contributed by atoms with Crippen molar-refractivity contribution in [1.82, 2.24) is 10.2 Å². The summed E-state index contributed by atoms with van der Waals surface area (Å²) in [6, 6.07) is 6.03. The van der Waals surface area contributed by atoms with Gasteiger partial charge < -0.3 is 15.5 Å². The number of nitrogens with one attached hydrogen (secondary N) is 2. The molecule has 1 aromatic carbocycles. The van der Waals surface area contributed by atoms with Gasteiger partial charge in [0.2, 0.25) is 5.91 Å². The van der Waals surface area contributed by atoms with Crippen LogP contribution in [0.25, 0.3) is 0 Å². The van der Waals surface area contributed by atoms with Crippen molar-refractivity contribution in [1.29, 1.82) is 0 Å². The number of likely N-dealkylation sites (N-methyl/N-ethyl adjacent to an activating group) is 1. The van der Waals surface area contributed by atoms with Gasteiger partial charge >= 0.3 is 6.03 Å². The lowest BCUT2D eigenvalue weighted by atomic mass is 9.47. The number of para-hydroxylation sites is 1. The standard InChI is InChI=1S/C25H37N3O2/c1-5-21(25-12-18-9-19(13-25)11-20(10-18)14-25)26-24(30)28(4)15-22(29)27-23-16(2)7-6-8-17(23)3/h6-8,18-21H,5,9-15H2,1-4H3,(H,26,30)(H,27,29). The smallest absolute Gasteiger partial charge is 0.317 e. The Morgan fingerprint density at radius 3 is 2.10 bits per heavy atom. The second-order valence-corrected chi connectivity index (χ2v) is 10.4. The molecule has 4 saturated carbocycles. The number of anilines is 1. The van der Waals surface area contributed by atoms with Crippen LogP contribution in [0.2, 0.25) is 0 Å². The molecular weight excluding hydrogens is 374 g/mol.